The van der Waals surface area contributed by atoms with Crippen LogP contribution >= 0.6 is 0 Å². The number of hydrogen-bond donors (Lipinski definition) is 2. The van der Waals surface area contributed by atoms with Gasteiger partial charge in [-0.2, -0.15) is 4.98 Å². The second kappa shape index (κ2) is 8.19. The predicted molar refractivity (Wildman–Crippen MR) is 87.5 cm³/mol. The Labute approximate surface area is 130 Å². The van der Waals surface area contributed by atoms with E-state index in [1.54, 1.807) is 14.2 Å². The molecule has 0 fully saturated rings. The van der Waals surface area contributed by atoms with Gasteiger partial charge in [-0.1, -0.05) is 12.1 Å². The first kappa shape index (κ1) is 16.0. The largest absolute Gasteiger partial charge is 0.497 e. The minimum absolute atomic E-state index is 0.607. The van der Waals surface area contributed by atoms with Gasteiger partial charge in [0.2, 0.25) is 5.95 Å². The second-order valence-corrected chi connectivity index (χ2v) is 4.84. The number of aromatic nitrogens is 2. The van der Waals surface area contributed by atoms with E-state index in [2.05, 4.69) is 20.6 Å². The van der Waals surface area contributed by atoms with Gasteiger partial charge in [0.15, 0.2) is 0 Å². The molecule has 0 amide bonds. The minimum atomic E-state index is 0.607. The summed E-state index contributed by atoms with van der Waals surface area (Å²) in [6.07, 6.45) is 0. The van der Waals surface area contributed by atoms with Crippen LogP contribution in [0.3, 0.4) is 0 Å². The number of nitrogens with zero attached hydrogens (tertiary/aromatic N) is 2. The second-order valence-electron chi connectivity index (χ2n) is 4.84. The SMILES string of the molecule is COCCNc1cc(C)nc(NCc2ccc(OC)cc2)n1. The highest BCUT2D eigenvalue weighted by Crippen LogP contribution is 2.13. The number of rotatable bonds is 8. The van der Waals surface area contributed by atoms with Gasteiger partial charge in [0.1, 0.15) is 11.6 Å². The molecule has 0 aliphatic heterocycles. The van der Waals surface area contributed by atoms with Crippen molar-refractivity contribution in [3.8, 4) is 5.75 Å². The van der Waals surface area contributed by atoms with Crippen molar-refractivity contribution in [1.29, 1.82) is 0 Å². The first-order chi connectivity index (χ1) is 10.7. The van der Waals surface area contributed by atoms with Crippen molar-refractivity contribution in [3.05, 3.63) is 41.6 Å². The number of aryl methyl sites for hydroxylation is 1. The van der Waals surface area contributed by atoms with Gasteiger partial charge in [-0.05, 0) is 24.6 Å². The van der Waals surface area contributed by atoms with E-state index in [1.165, 1.54) is 0 Å². The molecule has 0 aliphatic rings. The summed E-state index contributed by atoms with van der Waals surface area (Å²) in [6.45, 7) is 3.95. The molecule has 1 heterocycles. The molecule has 0 bridgehead atoms. The lowest BCUT2D eigenvalue weighted by Gasteiger charge is -2.10. The normalized spacial score (nSPS) is 10.3. The molecule has 6 nitrogen and oxygen atoms in total. The van der Waals surface area contributed by atoms with E-state index in [0.717, 1.165) is 22.8 Å². The first-order valence-electron chi connectivity index (χ1n) is 7.16. The number of ether oxygens (including phenoxy) is 2. The number of anilines is 2. The summed E-state index contributed by atoms with van der Waals surface area (Å²) < 4.78 is 10.2. The average molecular weight is 302 g/mol. The molecule has 0 atom stereocenters. The van der Waals surface area contributed by atoms with Crippen molar-refractivity contribution in [2.45, 2.75) is 13.5 Å². The monoisotopic (exact) mass is 302 g/mol. The molecule has 118 valence electrons. The highest BCUT2D eigenvalue weighted by Gasteiger charge is 2.02. The highest BCUT2D eigenvalue weighted by atomic mass is 16.5. The van der Waals surface area contributed by atoms with Crippen LogP contribution in [-0.2, 0) is 11.3 Å². The molecule has 22 heavy (non-hydrogen) atoms. The van der Waals surface area contributed by atoms with Crippen LogP contribution in [0.4, 0.5) is 11.8 Å². The summed E-state index contributed by atoms with van der Waals surface area (Å²) in [5.74, 6) is 2.25. The fourth-order valence-electron chi connectivity index (χ4n) is 1.94. The van der Waals surface area contributed by atoms with Crippen molar-refractivity contribution in [3.63, 3.8) is 0 Å². The van der Waals surface area contributed by atoms with Gasteiger partial charge in [-0.15, -0.1) is 0 Å². The molecule has 2 rings (SSSR count). The topological polar surface area (TPSA) is 68.3 Å². The molecule has 6 heteroatoms. The lowest BCUT2D eigenvalue weighted by atomic mass is 10.2. The van der Waals surface area contributed by atoms with E-state index in [4.69, 9.17) is 9.47 Å². The van der Waals surface area contributed by atoms with E-state index in [-0.39, 0.29) is 0 Å². The zero-order valence-corrected chi connectivity index (χ0v) is 13.2. The van der Waals surface area contributed by atoms with Crippen LogP contribution in [0.2, 0.25) is 0 Å². The molecule has 0 unspecified atom stereocenters. The van der Waals surface area contributed by atoms with E-state index >= 15 is 0 Å². The van der Waals surface area contributed by atoms with Crippen molar-refractivity contribution in [2.24, 2.45) is 0 Å². The summed E-state index contributed by atoms with van der Waals surface area (Å²) in [5, 5.41) is 6.44. The number of benzene rings is 1. The van der Waals surface area contributed by atoms with E-state index in [1.807, 2.05) is 37.3 Å². The maximum Gasteiger partial charge on any atom is 0.225 e. The highest BCUT2D eigenvalue weighted by molar-refractivity contribution is 5.42. The molecule has 0 radical (unpaired) electrons. The Hall–Kier alpha value is -2.34. The summed E-state index contributed by atoms with van der Waals surface area (Å²) in [5.41, 5.74) is 2.05. The van der Waals surface area contributed by atoms with E-state index < -0.39 is 0 Å². The van der Waals surface area contributed by atoms with Gasteiger partial charge >= 0.3 is 0 Å². The molecule has 0 saturated heterocycles. The summed E-state index contributed by atoms with van der Waals surface area (Å²) >= 11 is 0. The summed E-state index contributed by atoms with van der Waals surface area (Å²) in [6, 6.07) is 9.81. The Balaban J connectivity index is 1.96. The summed E-state index contributed by atoms with van der Waals surface area (Å²) in [4.78, 5) is 8.83. The molecule has 0 saturated carbocycles. The van der Waals surface area contributed by atoms with E-state index in [0.29, 0.717) is 25.6 Å². The average Bonchev–Trinajstić information content (AvgIpc) is 2.53. The molecular weight excluding hydrogens is 280 g/mol. The van der Waals surface area contributed by atoms with Gasteiger partial charge in [0.05, 0.1) is 13.7 Å². The fourth-order valence-corrected chi connectivity index (χ4v) is 1.94. The van der Waals surface area contributed by atoms with Crippen LogP contribution in [-0.4, -0.2) is 37.3 Å². The molecule has 1 aromatic heterocycles. The smallest absolute Gasteiger partial charge is 0.225 e. The minimum Gasteiger partial charge on any atom is -0.497 e. The zero-order chi connectivity index (χ0) is 15.8. The van der Waals surface area contributed by atoms with Crippen molar-refractivity contribution in [1.82, 2.24) is 9.97 Å². The molecular formula is C16H22N4O2. The van der Waals surface area contributed by atoms with Gasteiger partial charge in [0, 0.05) is 32.0 Å². The molecule has 2 aromatic rings. The van der Waals surface area contributed by atoms with Crippen molar-refractivity contribution >= 4 is 11.8 Å². The van der Waals surface area contributed by atoms with Gasteiger partial charge in [0.25, 0.3) is 0 Å². The lowest BCUT2D eigenvalue weighted by Crippen LogP contribution is -2.11. The third-order valence-corrected chi connectivity index (χ3v) is 3.08. The Bertz CT molecular complexity index is 587. The predicted octanol–water partition coefficient (Wildman–Crippen LogP) is 2.46. The van der Waals surface area contributed by atoms with Crippen LogP contribution in [0.25, 0.3) is 0 Å². The van der Waals surface area contributed by atoms with Crippen LogP contribution < -0.4 is 15.4 Å². The third-order valence-electron chi connectivity index (χ3n) is 3.08. The lowest BCUT2D eigenvalue weighted by molar-refractivity contribution is 0.210. The Morgan fingerprint density at radius 2 is 1.82 bits per heavy atom. The fraction of sp³-hybridized carbons (Fsp3) is 0.375. The number of hydrogen-bond acceptors (Lipinski definition) is 6. The van der Waals surface area contributed by atoms with Gasteiger partial charge < -0.3 is 20.1 Å². The maximum absolute atomic E-state index is 5.15. The van der Waals surface area contributed by atoms with Crippen LogP contribution in [0.15, 0.2) is 30.3 Å². The van der Waals surface area contributed by atoms with Crippen LogP contribution in [0, 0.1) is 6.92 Å². The van der Waals surface area contributed by atoms with Gasteiger partial charge in [-0.25, -0.2) is 4.98 Å². The van der Waals surface area contributed by atoms with Crippen LogP contribution in [0.5, 0.6) is 5.75 Å². The molecule has 0 spiro atoms. The van der Waals surface area contributed by atoms with Gasteiger partial charge in [-0.3, -0.25) is 0 Å². The Morgan fingerprint density at radius 1 is 1.05 bits per heavy atom. The Kier molecular flexibility index (Phi) is 5.97. The Morgan fingerprint density at radius 3 is 2.50 bits per heavy atom. The standard InChI is InChI=1S/C16H22N4O2/c1-12-10-15(17-8-9-21-2)20-16(19-12)18-11-13-4-6-14(22-3)7-5-13/h4-7,10H,8-9,11H2,1-3H3,(H2,17,18,19,20). The number of nitrogens with one attached hydrogen (secondary N) is 2. The van der Waals surface area contributed by atoms with Crippen LogP contribution in [0.1, 0.15) is 11.3 Å². The molecule has 0 aliphatic carbocycles. The number of methoxy groups -OCH3 is 2. The summed E-state index contributed by atoms with van der Waals surface area (Å²) in [7, 11) is 3.33. The third kappa shape index (κ3) is 4.89. The maximum atomic E-state index is 5.15. The molecule has 2 N–H and O–H groups in total. The van der Waals surface area contributed by atoms with E-state index in [9.17, 15) is 0 Å². The molecule has 1 aromatic carbocycles. The quantitative estimate of drug-likeness (QED) is 0.730. The zero-order valence-electron chi connectivity index (χ0n) is 13.2. The van der Waals surface area contributed by atoms with Crippen molar-refractivity contribution in [2.75, 3.05) is 38.0 Å². The van der Waals surface area contributed by atoms with Crippen molar-refractivity contribution < 1.29 is 9.47 Å². The first-order valence-corrected chi connectivity index (χ1v) is 7.16.